The van der Waals surface area contributed by atoms with Crippen LogP contribution in [0.1, 0.15) is 12.6 Å². The number of rotatable bonds is 5. The second-order valence-corrected chi connectivity index (χ2v) is 7.18. The second kappa shape index (κ2) is 7.84. The molecule has 0 aliphatic heterocycles. The fraction of sp³-hybridized carbons (Fsp3) is 0.143. The summed E-state index contributed by atoms with van der Waals surface area (Å²) in [6, 6.07) is 14.5. The van der Waals surface area contributed by atoms with Gasteiger partial charge in [-0.2, -0.15) is 0 Å². The predicted octanol–water partition coefficient (Wildman–Crippen LogP) is 3.59. The van der Waals surface area contributed by atoms with Crippen LogP contribution in [0.5, 0.6) is 5.75 Å². The minimum atomic E-state index is -0.181. The highest BCUT2D eigenvalue weighted by Crippen LogP contribution is 2.35. The van der Waals surface area contributed by atoms with Crippen LogP contribution in [-0.2, 0) is 11.3 Å². The van der Waals surface area contributed by atoms with Crippen molar-refractivity contribution in [1.82, 2.24) is 14.5 Å². The van der Waals surface area contributed by atoms with Gasteiger partial charge in [0.25, 0.3) is 5.56 Å². The summed E-state index contributed by atoms with van der Waals surface area (Å²) in [5.41, 5.74) is 1.82. The van der Waals surface area contributed by atoms with Gasteiger partial charge < -0.3 is 4.74 Å². The molecule has 0 N–H and O–H groups in total. The molecule has 2 aromatic carbocycles. The van der Waals surface area contributed by atoms with Crippen LogP contribution in [0.4, 0.5) is 10.8 Å². The molecule has 4 rings (SSSR count). The van der Waals surface area contributed by atoms with Gasteiger partial charge >= 0.3 is 0 Å². The molecule has 0 aliphatic carbocycles. The molecular formula is C21H18N4O3S. The molecule has 0 aliphatic rings. The minimum Gasteiger partial charge on any atom is -0.495 e. The molecule has 2 heterocycles. The Labute approximate surface area is 170 Å². The van der Waals surface area contributed by atoms with E-state index in [4.69, 9.17) is 4.74 Å². The van der Waals surface area contributed by atoms with E-state index in [-0.39, 0.29) is 18.0 Å². The maximum absolute atomic E-state index is 12.7. The largest absolute Gasteiger partial charge is 0.495 e. The maximum atomic E-state index is 12.7. The lowest BCUT2D eigenvalue weighted by atomic mass is 10.2. The Bertz CT molecular complexity index is 1250. The normalized spacial score (nSPS) is 10.8. The van der Waals surface area contributed by atoms with Crippen molar-refractivity contribution < 1.29 is 9.53 Å². The molecule has 0 bridgehead atoms. The number of benzene rings is 2. The summed E-state index contributed by atoms with van der Waals surface area (Å²) in [6.45, 7) is 1.75. The van der Waals surface area contributed by atoms with E-state index in [1.165, 1.54) is 34.1 Å². The fourth-order valence-corrected chi connectivity index (χ4v) is 3.96. The summed E-state index contributed by atoms with van der Waals surface area (Å²) in [6.07, 6.45) is 1.52. The summed E-state index contributed by atoms with van der Waals surface area (Å²) >= 11 is 1.33. The predicted molar refractivity (Wildman–Crippen MR) is 113 cm³/mol. The van der Waals surface area contributed by atoms with Crippen LogP contribution in [-0.4, -0.2) is 27.6 Å². The first-order valence-electron chi connectivity index (χ1n) is 8.91. The summed E-state index contributed by atoms with van der Waals surface area (Å²) in [5.74, 6) is 0.398. The molecular weight excluding hydrogens is 388 g/mol. The van der Waals surface area contributed by atoms with Crippen molar-refractivity contribution in [3.63, 3.8) is 0 Å². The van der Waals surface area contributed by atoms with Crippen LogP contribution in [0.2, 0.25) is 0 Å². The number of para-hydroxylation sites is 3. The van der Waals surface area contributed by atoms with Gasteiger partial charge in [0.1, 0.15) is 5.75 Å². The van der Waals surface area contributed by atoms with Crippen LogP contribution in [0, 0.1) is 0 Å². The third-order valence-corrected chi connectivity index (χ3v) is 5.31. The van der Waals surface area contributed by atoms with Crippen molar-refractivity contribution in [3.8, 4) is 5.75 Å². The number of ether oxygens (including phenoxy) is 1. The van der Waals surface area contributed by atoms with E-state index in [9.17, 15) is 9.59 Å². The summed E-state index contributed by atoms with van der Waals surface area (Å²) in [4.78, 5) is 35.5. The van der Waals surface area contributed by atoms with Crippen LogP contribution >= 0.6 is 11.3 Å². The quantitative estimate of drug-likeness (QED) is 0.506. The zero-order valence-corrected chi connectivity index (χ0v) is 16.7. The highest BCUT2D eigenvalue weighted by atomic mass is 32.1. The first-order chi connectivity index (χ1) is 14.1. The monoisotopic (exact) mass is 406 g/mol. The molecule has 0 saturated carbocycles. The second-order valence-electron chi connectivity index (χ2n) is 6.34. The Balaban J connectivity index is 1.68. The molecule has 0 atom stereocenters. The molecule has 0 unspecified atom stereocenters. The number of carbonyl (C=O) groups is 1. The molecule has 8 heteroatoms. The molecule has 4 aromatic rings. The van der Waals surface area contributed by atoms with Gasteiger partial charge in [0.2, 0.25) is 5.91 Å². The average molecular weight is 406 g/mol. The first kappa shape index (κ1) is 18.8. The Morgan fingerprint density at radius 3 is 2.72 bits per heavy atom. The molecule has 0 radical (unpaired) electrons. The zero-order valence-electron chi connectivity index (χ0n) is 15.9. The van der Waals surface area contributed by atoms with Gasteiger partial charge in [-0.05, 0) is 24.3 Å². The molecule has 146 valence electrons. The number of carbonyl (C=O) groups excluding carboxylic acids is 1. The number of fused-ring (bicyclic) bond motifs is 1. The Morgan fingerprint density at radius 2 is 1.93 bits per heavy atom. The fourth-order valence-electron chi connectivity index (χ4n) is 3.09. The van der Waals surface area contributed by atoms with Gasteiger partial charge in [-0.25, -0.2) is 9.97 Å². The Kier molecular flexibility index (Phi) is 5.09. The lowest BCUT2D eigenvalue weighted by Gasteiger charge is -2.20. The Hall–Kier alpha value is -3.52. The highest BCUT2D eigenvalue weighted by molar-refractivity contribution is 7.14. The van der Waals surface area contributed by atoms with E-state index >= 15 is 0 Å². The maximum Gasteiger partial charge on any atom is 0.261 e. The summed E-state index contributed by atoms with van der Waals surface area (Å²) in [5, 5.41) is 2.91. The Morgan fingerprint density at radius 1 is 1.17 bits per heavy atom. The number of anilines is 2. The van der Waals surface area contributed by atoms with Crippen molar-refractivity contribution in [2.45, 2.75) is 13.5 Å². The summed E-state index contributed by atoms with van der Waals surface area (Å²) in [7, 11) is 1.56. The smallest absolute Gasteiger partial charge is 0.261 e. The van der Waals surface area contributed by atoms with E-state index in [0.29, 0.717) is 33.2 Å². The van der Waals surface area contributed by atoms with E-state index in [1.807, 2.05) is 29.6 Å². The molecule has 2 aromatic heterocycles. The van der Waals surface area contributed by atoms with E-state index in [2.05, 4.69) is 9.97 Å². The van der Waals surface area contributed by atoms with Crippen LogP contribution in [0.3, 0.4) is 0 Å². The van der Waals surface area contributed by atoms with Gasteiger partial charge in [0.15, 0.2) is 5.13 Å². The number of methoxy groups -OCH3 is 1. The van der Waals surface area contributed by atoms with Gasteiger partial charge in [0, 0.05) is 12.3 Å². The number of thiazole rings is 1. The van der Waals surface area contributed by atoms with Gasteiger partial charge in [-0.1, -0.05) is 24.3 Å². The van der Waals surface area contributed by atoms with Crippen LogP contribution in [0.15, 0.2) is 65.0 Å². The van der Waals surface area contributed by atoms with E-state index in [0.717, 1.165) is 0 Å². The molecule has 0 saturated heterocycles. The van der Waals surface area contributed by atoms with Crippen molar-refractivity contribution in [2.75, 3.05) is 12.0 Å². The first-order valence-corrected chi connectivity index (χ1v) is 9.78. The topological polar surface area (TPSA) is 77.3 Å². The molecule has 0 spiro atoms. The minimum absolute atomic E-state index is 0.127. The van der Waals surface area contributed by atoms with Crippen molar-refractivity contribution >= 4 is 39.0 Å². The van der Waals surface area contributed by atoms with E-state index in [1.54, 1.807) is 31.4 Å². The number of nitrogens with zero attached hydrogens (tertiary/aromatic N) is 4. The third-order valence-electron chi connectivity index (χ3n) is 4.44. The number of hydrogen-bond acceptors (Lipinski definition) is 6. The number of hydrogen-bond donors (Lipinski definition) is 0. The summed E-state index contributed by atoms with van der Waals surface area (Å²) < 4.78 is 6.90. The van der Waals surface area contributed by atoms with Crippen molar-refractivity contribution in [1.29, 1.82) is 0 Å². The molecule has 7 nitrogen and oxygen atoms in total. The number of amides is 1. The highest BCUT2D eigenvalue weighted by Gasteiger charge is 2.21. The molecule has 29 heavy (non-hydrogen) atoms. The van der Waals surface area contributed by atoms with Gasteiger partial charge in [0.05, 0.1) is 42.3 Å². The third kappa shape index (κ3) is 3.62. The van der Waals surface area contributed by atoms with Crippen LogP contribution < -0.4 is 15.2 Å². The van der Waals surface area contributed by atoms with Crippen molar-refractivity contribution in [3.05, 3.63) is 76.3 Å². The molecule has 0 fully saturated rings. The van der Waals surface area contributed by atoms with Crippen molar-refractivity contribution in [2.24, 2.45) is 0 Å². The number of aromatic nitrogens is 3. The standard InChI is InChI=1S/C21H18N4O3S/c1-14(26)25(18-9-5-6-10-19(18)28-2)21-23-15(12-29-21)11-24-13-22-17-8-4-3-7-16(17)20(24)27/h3-10,12-13H,11H2,1-2H3. The van der Waals surface area contributed by atoms with Gasteiger partial charge in [-0.15, -0.1) is 11.3 Å². The molecule has 1 amide bonds. The SMILES string of the molecule is COc1ccccc1N(C(C)=O)c1nc(Cn2cnc3ccccc3c2=O)cs1. The van der Waals surface area contributed by atoms with Gasteiger partial charge in [-0.3, -0.25) is 19.1 Å². The zero-order chi connectivity index (χ0) is 20.4. The van der Waals surface area contributed by atoms with Crippen LogP contribution in [0.25, 0.3) is 10.9 Å². The lowest BCUT2D eigenvalue weighted by molar-refractivity contribution is -0.115. The van der Waals surface area contributed by atoms with E-state index < -0.39 is 0 Å². The average Bonchev–Trinajstić information content (AvgIpc) is 3.18. The lowest BCUT2D eigenvalue weighted by Crippen LogP contribution is -2.24.